The molecule has 0 saturated carbocycles. The highest BCUT2D eigenvalue weighted by atomic mass is 16.5. The monoisotopic (exact) mass is 632 g/mol. The van der Waals surface area contributed by atoms with Crippen molar-refractivity contribution in [1.29, 1.82) is 0 Å². The molecule has 3 aromatic carbocycles. The quantitative estimate of drug-likeness (QED) is 0.107. The summed E-state index contributed by atoms with van der Waals surface area (Å²) in [5.41, 5.74) is 1.75. The normalized spacial score (nSPS) is 10.7. The molecule has 0 atom stereocenters. The molecule has 0 aromatic heterocycles. The van der Waals surface area contributed by atoms with Crippen molar-refractivity contribution in [3.63, 3.8) is 0 Å². The zero-order valence-electron chi connectivity index (χ0n) is 28.1. The summed E-state index contributed by atoms with van der Waals surface area (Å²) < 4.78 is 22.9. The van der Waals surface area contributed by atoms with E-state index in [1.807, 2.05) is 0 Å². The molecule has 0 unspecified atom stereocenters. The topological polar surface area (TPSA) is 95.1 Å². The maximum Gasteiger partial charge on any atom is 0.255 e. The van der Waals surface area contributed by atoms with E-state index in [0.29, 0.717) is 58.7 Å². The molecule has 250 valence electrons. The summed E-state index contributed by atoms with van der Waals surface area (Å²) in [6, 6.07) is 17.3. The molecule has 0 radical (unpaired) electrons. The fourth-order valence-corrected chi connectivity index (χ4v) is 5.08. The summed E-state index contributed by atoms with van der Waals surface area (Å²) in [4.78, 5) is 26.5. The van der Waals surface area contributed by atoms with Crippen molar-refractivity contribution < 1.29 is 28.5 Å². The molecule has 0 aliphatic carbocycles. The van der Waals surface area contributed by atoms with Gasteiger partial charge in [0.1, 0.15) is 0 Å². The second-order valence-corrected chi connectivity index (χ2v) is 11.4. The molecule has 0 spiro atoms. The molecule has 0 bridgehead atoms. The van der Waals surface area contributed by atoms with Gasteiger partial charge in [0.2, 0.25) is 0 Å². The number of methoxy groups -OCH3 is 2. The number of rotatable bonds is 22. The van der Waals surface area contributed by atoms with Crippen LogP contribution in [0.2, 0.25) is 0 Å². The van der Waals surface area contributed by atoms with E-state index in [4.69, 9.17) is 18.9 Å². The number of carbonyl (C=O) groups excluding carboxylic acids is 2. The zero-order valence-corrected chi connectivity index (χ0v) is 28.1. The van der Waals surface area contributed by atoms with Crippen LogP contribution >= 0.6 is 0 Å². The maximum absolute atomic E-state index is 13.2. The SMILES string of the molecule is CCCCCCCCOc1ccc(C(=O)Nc2ccccc2NC(=O)c2ccc(OCCCCCCCC)c(OC)c2)cc1OC. The Labute approximate surface area is 275 Å². The van der Waals surface area contributed by atoms with E-state index < -0.39 is 0 Å². The van der Waals surface area contributed by atoms with E-state index >= 15 is 0 Å². The maximum atomic E-state index is 13.2. The Morgan fingerprint density at radius 2 is 0.913 bits per heavy atom. The Bertz CT molecular complexity index is 1260. The van der Waals surface area contributed by atoms with Gasteiger partial charge in [-0.3, -0.25) is 9.59 Å². The highest BCUT2D eigenvalue weighted by Gasteiger charge is 2.16. The van der Waals surface area contributed by atoms with E-state index in [2.05, 4.69) is 24.5 Å². The van der Waals surface area contributed by atoms with E-state index in [1.54, 1.807) is 74.9 Å². The summed E-state index contributed by atoms with van der Waals surface area (Å²) in [5, 5.41) is 5.83. The molecule has 0 fully saturated rings. The van der Waals surface area contributed by atoms with E-state index in [1.165, 1.54) is 51.4 Å². The van der Waals surface area contributed by atoms with Gasteiger partial charge in [-0.25, -0.2) is 0 Å². The van der Waals surface area contributed by atoms with Gasteiger partial charge in [0.25, 0.3) is 11.8 Å². The third-order valence-electron chi connectivity index (χ3n) is 7.79. The van der Waals surface area contributed by atoms with Gasteiger partial charge in [-0.1, -0.05) is 90.2 Å². The summed E-state index contributed by atoms with van der Waals surface area (Å²) in [6.07, 6.45) is 14.1. The zero-order chi connectivity index (χ0) is 33.0. The van der Waals surface area contributed by atoms with Crippen molar-refractivity contribution >= 4 is 23.2 Å². The Morgan fingerprint density at radius 3 is 1.30 bits per heavy atom. The van der Waals surface area contributed by atoms with E-state index in [9.17, 15) is 9.59 Å². The number of anilines is 2. The molecule has 2 N–H and O–H groups in total. The van der Waals surface area contributed by atoms with Gasteiger partial charge in [-0.05, 0) is 61.4 Å². The Balaban J connectivity index is 1.58. The molecule has 3 rings (SSSR count). The summed E-state index contributed by atoms with van der Waals surface area (Å²) >= 11 is 0. The van der Waals surface area contributed by atoms with Gasteiger partial charge in [0, 0.05) is 11.1 Å². The van der Waals surface area contributed by atoms with Crippen LogP contribution in [0, 0.1) is 0 Å². The van der Waals surface area contributed by atoms with Crippen LogP contribution in [0.15, 0.2) is 60.7 Å². The fraction of sp³-hybridized carbons (Fsp3) is 0.474. The predicted octanol–water partition coefficient (Wildman–Crippen LogP) is 9.69. The van der Waals surface area contributed by atoms with Crippen LogP contribution < -0.4 is 29.6 Å². The smallest absolute Gasteiger partial charge is 0.255 e. The molecule has 0 heterocycles. The van der Waals surface area contributed by atoms with E-state index in [0.717, 1.165) is 25.7 Å². The van der Waals surface area contributed by atoms with E-state index in [-0.39, 0.29) is 11.8 Å². The number of hydrogen-bond acceptors (Lipinski definition) is 6. The Kier molecular flexibility index (Phi) is 16.4. The minimum Gasteiger partial charge on any atom is -0.493 e. The average molecular weight is 633 g/mol. The molecule has 8 nitrogen and oxygen atoms in total. The van der Waals surface area contributed by atoms with Gasteiger partial charge in [0.15, 0.2) is 23.0 Å². The highest BCUT2D eigenvalue weighted by Crippen LogP contribution is 2.31. The molecule has 0 aliphatic heterocycles. The van der Waals surface area contributed by atoms with Crippen molar-refractivity contribution in [2.75, 3.05) is 38.1 Å². The third-order valence-corrected chi connectivity index (χ3v) is 7.79. The first kappa shape index (κ1) is 36.3. The van der Waals surface area contributed by atoms with Crippen LogP contribution in [0.3, 0.4) is 0 Å². The van der Waals surface area contributed by atoms with Crippen LogP contribution in [0.4, 0.5) is 11.4 Å². The first-order valence-electron chi connectivity index (χ1n) is 16.8. The lowest BCUT2D eigenvalue weighted by molar-refractivity contribution is 0.101. The summed E-state index contributed by atoms with van der Waals surface area (Å²) in [6.45, 7) is 5.62. The van der Waals surface area contributed by atoms with Crippen LogP contribution in [0.1, 0.15) is 112 Å². The number of nitrogens with one attached hydrogen (secondary N) is 2. The first-order valence-corrected chi connectivity index (χ1v) is 16.8. The number of ether oxygens (including phenoxy) is 4. The van der Waals surface area contributed by atoms with Crippen LogP contribution in [-0.2, 0) is 0 Å². The van der Waals surface area contributed by atoms with Gasteiger partial charge >= 0.3 is 0 Å². The number of hydrogen-bond donors (Lipinski definition) is 2. The molecule has 0 saturated heterocycles. The molecule has 46 heavy (non-hydrogen) atoms. The number of benzene rings is 3. The van der Waals surface area contributed by atoms with Crippen LogP contribution in [0.25, 0.3) is 0 Å². The second kappa shape index (κ2) is 20.8. The largest absolute Gasteiger partial charge is 0.493 e. The average Bonchev–Trinajstić information content (AvgIpc) is 3.08. The third kappa shape index (κ3) is 12.0. The summed E-state index contributed by atoms with van der Waals surface area (Å²) in [7, 11) is 3.12. The van der Waals surface area contributed by atoms with Gasteiger partial charge < -0.3 is 29.6 Å². The minimum absolute atomic E-state index is 0.337. The van der Waals surface area contributed by atoms with Crippen molar-refractivity contribution in [2.24, 2.45) is 0 Å². The predicted molar refractivity (Wildman–Crippen MR) is 186 cm³/mol. The summed E-state index contributed by atoms with van der Waals surface area (Å²) in [5.74, 6) is 1.53. The molecular formula is C38H52N2O6. The highest BCUT2D eigenvalue weighted by molar-refractivity contribution is 6.10. The molecule has 0 aliphatic rings. The van der Waals surface area contributed by atoms with Crippen molar-refractivity contribution in [1.82, 2.24) is 0 Å². The lowest BCUT2D eigenvalue weighted by Gasteiger charge is -2.15. The van der Waals surface area contributed by atoms with Gasteiger partial charge in [-0.15, -0.1) is 0 Å². The van der Waals surface area contributed by atoms with Crippen molar-refractivity contribution in [2.45, 2.75) is 90.9 Å². The minimum atomic E-state index is -0.337. The first-order chi connectivity index (χ1) is 22.5. The molecule has 2 amide bonds. The second-order valence-electron chi connectivity index (χ2n) is 11.4. The van der Waals surface area contributed by atoms with Gasteiger partial charge in [-0.2, -0.15) is 0 Å². The standard InChI is InChI=1S/C38H52N2O6/c1-5-7-9-11-13-17-25-45-33-23-21-29(27-35(33)43-3)37(41)39-31-19-15-16-20-32(31)40-38(42)30-22-24-34(36(28-30)44-4)46-26-18-14-12-10-8-6-2/h15-16,19-24,27-28H,5-14,17-18,25-26H2,1-4H3,(H,39,41)(H,40,42). The fourth-order valence-electron chi connectivity index (χ4n) is 5.08. The number of amides is 2. The Morgan fingerprint density at radius 1 is 0.522 bits per heavy atom. The number of unbranched alkanes of at least 4 members (excludes halogenated alkanes) is 10. The number of carbonyl (C=O) groups is 2. The molecule has 8 heteroatoms. The molecule has 3 aromatic rings. The van der Waals surface area contributed by atoms with Crippen molar-refractivity contribution in [3.8, 4) is 23.0 Å². The van der Waals surface area contributed by atoms with Crippen LogP contribution in [0.5, 0.6) is 23.0 Å². The number of para-hydroxylation sites is 2. The lowest BCUT2D eigenvalue weighted by atomic mass is 10.1. The Hall–Kier alpha value is -4.20. The van der Waals surface area contributed by atoms with Crippen LogP contribution in [-0.4, -0.2) is 39.2 Å². The van der Waals surface area contributed by atoms with Gasteiger partial charge in [0.05, 0.1) is 38.8 Å². The lowest BCUT2D eigenvalue weighted by Crippen LogP contribution is -2.17. The molecular weight excluding hydrogens is 580 g/mol. The van der Waals surface area contributed by atoms with Crippen molar-refractivity contribution in [3.05, 3.63) is 71.8 Å².